The summed E-state index contributed by atoms with van der Waals surface area (Å²) in [4.78, 5) is 17.8. The van der Waals surface area contributed by atoms with Gasteiger partial charge in [-0.1, -0.05) is 11.6 Å². The third-order valence-electron chi connectivity index (χ3n) is 3.16. The molecule has 0 unspecified atom stereocenters. The number of carbonyl (C=O) groups is 1. The zero-order valence-electron chi connectivity index (χ0n) is 9.27. The first kappa shape index (κ1) is 10.6. The van der Waals surface area contributed by atoms with Crippen molar-refractivity contribution in [2.75, 3.05) is 13.1 Å². The number of nitrogens with zero attached hydrogens (tertiary/aromatic N) is 3. The van der Waals surface area contributed by atoms with Crippen molar-refractivity contribution in [3.8, 4) is 0 Å². The Hall–Kier alpha value is -1.55. The zero-order valence-corrected chi connectivity index (χ0v) is 10.0. The molecule has 1 aliphatic rings. The van der Waals surface area contributed by atoms with Crippen molar-refractivity contribution in [2.45, 2.75) is 13.0 Å². The van der Waals surface area contributed by atoms with E-state index in [1.54, 1.807) is 6.20 Å². The first-order valence-electron chi connectivity index (χ1n) is 5.63. The summed E-state index contributed by atoms with van der Waals surface area (Å²) in [5, 5.41) is 1.38. The van der Waals surface area contributed by atoms with Gasteiger partial charge in [-0.15, -0.1) is 0 Å². The molecule has 5 heteroatoms. The number of pyridine rings is 1. The van der Waals surface area contributed by atoms with Gasteiger partial charge >= 0.3 is 0 Å². The predicted molar refractivity (Wildman–Crippen MR) is 65.9 cm³/mol. The van der Waals surface area contributed by atoms with E-state index >= 15 is 0 Å². The molecule has 3 heterocycles. The van der Waals surface area contributed by atoms with Crippen LogP contribution in [0.1, 0.15) is 6.42 Å². The molecule has 0 radical (unpaired) electrons. The second kappa shape index (κ2) is 4.04. The maximum Gasteiger partial charge on any atom is 0.242 e. The quantitative estimate of drug-likeness (QED) is 0.763. The van der Waals surface area contributed by atoms with E-state index in [1.807, 2.05) is 27.8 Å². The number of rotatable bonds is 2. The van der Waals surface area contributed by atoms with E-state index in [-0.39, 0.29) is 5.91 Å². The van der Waals surface area contributed by atoms with Crippen LogP contribution in [0.25, 0.3) is 10.9 Å². The highest BCUT2D eigenvalue weighted by Gasteiger charge is 2.20. The van der Waals surface area contributed by atoms with Crippen molar-refractivity contribution < 1.29 is 4.79 Å². The molecule has 0 atom stereocenters. The number of carbonyl (C=O) groups excluding carboxylic acids is 1. The molecular formula is C12H12ClN3O. The molecule has 3 rings (SSSR count). The fourth-order valence-corrected chi connectivity index (χ4v) is 2.25. The van der Waals surface area contributed by atoms with Gasteiger partial charge < -0.3 is 9.47 Å². The van der Waals surface area contributed by atoms with E-state index in [2.05, 4.69) is 4.98 Å². The summed E-state index contributed by atoms with van der Waals surface area (Å²) in [6, 6.07) is 3.78. The Bertz CT molecular complexity index is 574. The summed E-state index contributed by atoms with van der Waals surface area (Å²) in [5.74, 6) is 0.168. The topological polar surface area (TPSA) is 38.1 Å². The normalized spacial score (nSPS) is 15.0. The summed E-state index contributed by atoms with van der Waals surface area (Å²) < 4.78 is 1.92. The van der Waals surface area contributed by atoms with Crippen LogP contribution >= 0.6 is 11.6 Å². The molecular weight excluding hydrogens is 238 g/mol. The highest BCUT2D eigenvalue weighted by molar-refractivity contribution is 6.34. The number of hydrogen-bond acceptors (Lipinski definition) is 2. The van der Waals surface area contributed by atoms with Gasteiger partial charge in [-0.05, 0) is 18.6 Å². The minimum atomic E-state index is 0.168. The standard InChI is InChI=1S/C12H12ClN3O/c13-12-9-3-7-16(10(9)2-4-14-12)8-11(17)15-5-1-6-15/h2-4,7H,1,5-6,8H2. The molecule has 1 amide bonds. The third-order valence-corrected chi connectivity index (χ3v) is 3.46. The zero-order chi connectivity index (χ0) is 11.8. The highest BCUT2D eigenvalue weighted by atomic mass is 35.5. The van der Waals surface area contributed by atoms with Crippen LogP contribution in [-0.2, 0) is 11.3 Å². The molecule has 0 bridgehead atoms. The minimum Gasteiger partial charge on any atom is -0.341 e. The minimum absolute atomic E-state index is 0.168. The van der Waals surface area contributed by atoms with Gasteiger partial charge in [-0.2, -0.15) is 0 Å². The molecule has 1 saturated heterocycles. The largest absolute Gasteiger partial charge is 0.341 e. The fraction of sp³-hybridized carbons (Fsp3) is 0.333. The summed E-state index contributed by atoms with van der Waals surface area (Å²) in [6.07, 6.45) is 4.67. The van der Waals surface area contributed by atoms with Gasteiger partial charge in [0.2, 0.25) is 5.91 Å². The van der Waals surface area contributed by atoms with Crippen LogP contribution < -0.4 is 0 Å². The Morgan fingerprint density at radius 1 is 1.41 bits per heavy atom. The molecule has 2 aromatic rings. The maximum absolute atomic E-state index is 11.9. The maximum atomic E-state index is 11.9. The Morgan fingerprint density at radius 3 is 2.94 bits per heavy atom. The van der Waals surface area contributed by atoms with Gasteiger partial charge in [0.05, 0.1) is 5.52 Å². The van der Waals surface area contributed by atoms with Gasteiger partial charge in [0.25, 0.3) is 0 Å². The smallest absolute Gasteiger partial charge is 0.242 e. The lowest BCUT2D eigenvalue weighted by molar-refractivity contribution is -0.135. The monoisotopic (exact) mass is 249 g/mol. The van der Waals surface area contributed by atoms with Crippen molar-refractivity contribution >= 4 is 28.4 Å². The van der Waals surface area contributed by atoms with Gasteiger partial charge in [0, 0.05) is 30.9 Å². The van der Waals surface area contributed by atoms with Crippen LogP contribution in [0, 0.1) is 0 Å². The van der Waals surface area contributed by atoms with E-state index in [0.717, 1.165) is 30.4 Å². The first-order chi connectivity index (χ1) is 8.25. The van der Waals surface area contributed by atoms with Crippen molar-refractivity contribution in [1.82, 2.24) is 14.5 Å². The van der Waals surface area contributed by atoms with Crippen LogP contribution in [0.2, 0.25) is 5.15 Å². The molecule has 0 aromatic carbocycles. The Kier molecular flexibility index (Phi) is 2.52. The molecule has 0 N–H and O–H groups in total. The number of likely N-dealkylation sites (tertiary alicyclic amines) is 1. The first-order valence-corrected chi connectivity index (χ1v) is 6.00. The molecule has 2 aromatic heterocycles. The average molecular weight is 250 g/mol. The summed E-state index contributed by atoms with van der Waals surface area (Å²) in [5.41, 5.74) is 0.957. The summed E-state index contributed by atoms with van der Waals surface area (Å²) in [6.45, 7) is 2.16. The van der Waals surface area contributed by atoms with Crippen LogP contribution in [0.5, 0.6) is 0 Å². The number of amides is 1. The molecule has 0 aliphatic carbocycles. The lowest BCUT2D eigenvalue weighted by Gasteiger charge is -2.31. The molecule has 0 saturated carbocycles. The van der Waals surface area contributed by atoms with Crippen molar-refractivity contribution in [3.05, 3.63) is 29.7 Å². The predicted octanol–water partition coefficient (Wildman–Crippen LogP) is 1.92. The molecule has 17 heavy (non-hydrogen) atoms. The summed E-state index contributed by atoms with van der Waals surface area (Å²) in [7, 11) is 0. The lowest BCUT2D eigenvalue weighted by atomic mass is 10.2. The number of hydrogen-bond donors (Lipinski definition) is 0. The van der Waals surface area contributed by atoms with Gasteiger partial charge in [-0.25, -0.2) is 4.98 Å². The van der Waals surface area contributed by atoms with E-state index in [0.29, 0.717) is 11.7 Å². The van der Waals surface area contributed by atoms with Crippen molar-refractivity contribution in [3.63, 3.8) is 0 Å². The Morgan fingerprint density at radius 2 is 2.24 bits per heavy atom. The van der Waals surface area contributed by atoms with E-state index < -0.39 is 0 Å². The lowest BCUT2D eigenvalue weighted by Crippen LogP contribution is -2.43. The molecule has 1 aliphatic heterocycles. The van der Waals surface area contributed by atoms with Crippen LogP contribution in [0.3, 0.4) is 0 Å². The van der Waals surface area contributed by atoms with E-state index in [4.69, 9.17) is 11.6 Å². The number of aromatic nitrogens is 2. The van der Waals surface area contributed by atoms with Crippen LogP contribution in [-0.4, -0.2) is 33.4 Å². The van der Waals surface area contributed by atoms with E-state index in [1.165, 1.54) is 0 Å². The molecule has 4 nitrogen and oxygen atoms in total. The van der Waals surface area contributed by atoms with Gasteiger partial charge in [0.1, 0.15) is 11.7 Å². The molecule has 1 fully saturated rings. The Labute approximate surface area is 104 Å². The van der Waals surface area contributed by atoms with Crippen molar-refractivity contribution in [1.29, 1.82) is 0 Å². The Balaban J connectivity index is 1.90. The van der Waals surface area contributed by atoms with Crippen molar-refractivity contribution in [2.24, 2.45) is 0 Å². The number of halogens is 1. The second-order valence-corrected chi connectivity index (χ2v) is 4.57. The highest BCUT2D eigenvalue weighted by Crippen LogP contribution is 2.22. The third kappa shape index (κ3) is 1.78. The molecule has 0 spiro atoms. The average Bonchev–Trinajstić information content (AvgIpc) is 2.60. The number of fused-ring (bicyclic) bond motifs is 1. The molecule has 88 valence electrons. The second-order valence-electron chi connectivity index (χ2n) is 4.21. The SMILES string of the molecule is O=C(Cn1ccc2c(Cl)nccc21)N1CCC1. The van der Waals surface area contributed by atoms with E-state index in [9.17, 15) is 4.79 Å². The fourth-order valence-electron chi connectivity index (χ4n) is 2.04. The van der Waals surface area contributed by atoms with Gasteiger partial charge in [0.15, 0.2) is 0 Å². The van der Waals surface area contributed by atoms with Crippen LogP contribution in [0.15, 0.2) is 24.5 Å². The van der Waals surface area contributed by atoms with Gasteiger partial charge in [-0.3, -0.25) is 4.79 Å². The van der Waals surface area contributed by atoms with Crippen LogP contribution in [0.4, 0.5) is 0 Å². The summed E-state index contributed by atoms with van der Waals surface area (Å²) >= 11 is 5.99.